The molecule has 3 rings (SSSR count). The molecule has 0 amide bonds. The van der Waals surface area contributed by atoms with Gasteiger partial charge in [0.15, 0.2) is 0 Å². The molecule has 1 N–H and O–H groups in total. The van der Waals surface area contributed by atoms with E-state index < -0.39 is 0 Å². The number of fused-ring (bicyclic) bond motifs is 1. The number of hydrogen-bond donors (Lipinski definition) is 1. The van der Waals surface area contributed by atoms with Crippen LogP contribution < -0.4 is 5.32 Å². The molecule has 104 valence electrons. The quantitative estimate of drug-likeness (QED) is 0.846. The Bertz CT molecular complexity index is 419. The molecule has 1 aromatic rings. The molecule has 19 heavy (non-hydrogen) atoms. The topological polar surface area (TPSA) is 12.0 Å². The van der Waals surface area contributed by atoms with Gasteiger partial charge >= 0.3 is 0 Å². The second-order valence-corrected chi connectivity index (χ2v) is 6.62. The fourth-order valence-electron chi connectivity index (χ4n) is 4.17. The second-order valence-electron chi connectivity index (χ2n) is 6.19. The molecule has 2 aliphatic carbocycles. The Morgan fingerprint density at radius 1 is 1.26 bits per heavy atom. The van der Waals surface area contributed by atoms with Crippen LogP contribution in [-0.4, -0.2) is 12.6 Å². The van der Waals surface area contributed by atoms with E-state index in [9.17, 15) is 0 Å². The van der Waals surface area contributed by atoms with Gasteiger partial charge < -0.3 is 5.32 Å². The van der Waals surface area contributed by atoms with E-state index in [2.05, 4.69) is 30.4 Å². The van der Waals surface area contributed by atoms with Crippen molar-refractivity contribution in [1.82, 2.24) is 5.32 Å². The average molecular weight is 278 g/mol. The van der Waals surface area contributed by atoms with Gasteiger partial charge in [-0.25, -0.2) is 0 Å². The normalized spacial score (nSPS) is 30.7. The van der Waals surface area contributed by atoms with Crippen molar-refractivity contribution < 1.29 is 0 Å². The van der Waals surface area contributed by atoms with Crippen molar-refractivity contribution in [3.05, 3.63) is 34.9 Å². The summed E-state index contributed by atoms with van der Waals surface area (Å²) in [6.45, 7) is 3.29. The van der Waals surface area contributed by atoms with E-state index in [4.69, 9.17) is 11.6 Å². The first-order chi connectivity index (χ1) is 9.29. The highest BCUT2D eigenvalue weighted by molar-refractivity contribution is 6.30. The molecular formula is C17H24ClN. The van der Waals surface area contributed by atoms with Gasteiger partial charge in [0, 0.05) is 11.1 Å². The van der Waals surface area contributed by atoms with Gasteiger partial charge in [0.05, 0.1) is 0 Å². The zero-order chi connectivity index (χ0) is 13.2. The molecule has 2 aliphatic rings. The molecule has 3 atom stereocenters. The zero-order valence-corrected chi connectivity index (χ0v) is 12.5. The Morgan fingerprint density at radius 2 is 2.00 bits per heavy atom. The molecule has 1 nitrogen and oxygen atoms in total. The van der Waals surface area contributed by atoms with Gasteiger partial charge in [0.1, 0.15) is 0 Å². The van der Waals surface area contributed by atoms with E-state index in [-0.39, 0.29) is 0 Å². The van der Waals surface area contributed by atoms with Crippen molar-refractivity contribution >= 4 is 11.6 Å². The summed E-state index contributed by atoms with van der Waals surface area (Å²) in [6, 6.07) is 9.02. The SMILES string of the molecule is CCNC(Cc1cccc(Cl)c1)C1C2CCCCC21. The fourth-order valence-corrected chi connectivity index (χ4v) is 4.38. The first-order valence-corrected chi connectivity index (χ1v) is 8.15. The summed E-state index contributed by atoms with van der Waals surface area (Å²) in [7, 11) is 0. The van der Waals surface area contributed by atoms with Gasteiger partial charge in [-0.05, 0) is 61.3 Å². The highest BCUT2D eigenvalue weighted by Crippen LogP contribution is 2.57. The Kier molecular flexibility index (Phi) is 4.14. The molecule has 2 heteroatoms. The lowest BCUT2D eigenvalue weighted by Crippen LogP contribution is -2.34. The predicted octanol–water partition coefficient (Wildman–Crippen LogP) is 4.30. The predicted molar refractivity (Wildman–Crippen MR) is 81.6 cm³/mol. The first-order valence-electron chi connectivity index (χ1n) is 7.77. The van der Waals surface area contributed by atoms with Crippen LogP contribution in [0.15, 0.2) is 24.3 Å². The van der Waals surface area contributed by atoms with Gasteiger partial charge in [-0.1, -0.05) is 43.5 Å². The van der Waals surface area contributed by atoms with Crippen LogP contribution in [0.5, 0.6) is 0 Å². The van der Waals surface area contributed by atoms with Crippen LogP contribution in [0.25, 0.3) is 0 Å². The molecule has 0 bridgehead atoms. The van der Waals surface area contributed by atoms with E-state index in [0.717, 1.165) is 35.7 Å². The maximum absolute atomic E-state index is 6.10. The van der Waals surface area contributed by atoms with Gasteiger partial charge in [-0.2, -0.15) is 0 Å². The molecular weight excluding hydrogens is 254 g/mol. The summed E-state index contributed by atoms with van der Waals surface area (Å²) in [5.74, 6) is 2.94. The minimum atomic E-state index is 0.650. The van der Waals surface area contributed by atoms with Crippen molar-refractivity contribution in [1.29, 1.82) is 0 Å². The van der Waals surface area contributed by atoms with Crippen molar-refractivity contribution in [2.45, 2.75) is 45.1 Å². The monoisotopic (exact) mass is 277 g/mol. The minimum Gasteiger partial charge on any atom is -0.314 e. The van der Waals surface area contributed by atoms with Crippen LogP contribution in [0.1, 0.15) is 38.2 Å². The number of hydrogen-bond acceptors (Lipinski definition) is 1. The van der Waals surface area contributed by atoms with E-state index in [1.54, 1.807) is 0 Å². The fraction of sp³-hybridized carbons (Fsp3) is 0.647. The Morgan fingerprint density at radius 3 is 2.63 bits per heavy atom. The number of nitrogens with one attached hydrogen (secondary N) is 1. The van der Waals surface area contributed by atoms with E-state index in [1.165, 1.54) is 31.2 Å². The van der Waals surface area contributed by atoms with Crippen LogP contribution in [0.4, 0.5) is 0 Å². The third-order valence-corrected chi connectivity index (χ3v) is 5.23. The van der Waals surface area contributed by atoms with Gasteiger partial charge in [-0.3, -0.25) is 0 Å². The molecule has 0 spiro atoms. The second kappa shape index (κ2) is 5.85. The summed E-state index contributed by atoms with van der Waals surface area (Å²) in [6.07, 6.45) is 6.97. The van der Waals surface area contributed by atoms with Gasteiger partial charge in [-0.15, -0.1) is 0 Å². The van der Waals surface area contributed by atoms with Crippen LogP contribution >= 0.6 is 11.6 Å². The summed E-state index contributed by atoms with van der Waals surface area (Å²) < 4.78 is 0. The Labute approximate surface area is 121 Å². The van der Waals surface area contributed by atoms with Crippen LogP contribution in [0, 0.1) is 17.8 Å². The average Bonchev–Trinajstić information content (AvgIpc) is 3.12. The lowest BCUT2D eigenvalue weighted by atomic mass is 10.00. The summed E-state index contributed by atoms with van der Waals surface area (Å²) in [4.78, 5) is 0. The number of rotatable bonds is 5. The van der Waals surface area contributed by atoms with Crippen molar-refractivity contribution in [2.24, 2.45) is 17.8 Å². The molecule has 0 radical (unpaired) electrons. The van der Waals surface area contributed by atoms with E-state index in [0.29, 0.717) is 6.04 Å². The number of benzene rings is 1. The van der Waals surface area contributed by atoms with Gasteiger partial charge in [0.25, 0.3) is 0 Å². The first kappa shape index (κ1) is 13.5. The molecule has 0 aliphatic heterocycles. The third-order valence-electron chi connectivity index (χ3n) is 5.00. The Hall–Kier alpha value is -0.530. The van der Waals surface area contributed by atoms with Crippen molar-refractivity contribution in [3.63, 3.8) is 0 Å². The van der Waals surface area contributed by atoms with Crippen molar-refractivity contribution in [3.8, 4) is 0 Å². The summed E-state index contributed by atoms with van der Waals surface area (Å²) >= 11 is 6.10. The van der Waals surface area contributed by atoms with Crippen LogP contribution in [0.2, 0.25) is 5.02 Å². The molecule has 1 aromatic carbocycles. The van der Waals surface area contributed by atoms with Gasteiger partial charge in [0.2, 0.25) is 0 Å². The molecule has 2 saturated carbocycles. The smallest absolute Gasteiger partial charge is 0.0408 e. The van der Waals surface area contributed by atoms with Crippen molar-refractivity contribution in [2.75, 3.05) is 6.54 Å². The summed E-state index contributed by atoms with van der Waals surface area (Å²) in [5, 5.41) is 4.59. The van der Waals surface area contributed by atoms with Crippen LogP contribution in [-0.2, 0) is 6.42 Å². The highest BCUT2D eigenvalue weighted by atomic mass is 35.5. The maximum Gasteiger partial charge on any atom is 0.0408 e. The standard InChI is InChI=1S/C17H24ClN/c1-2-19-16(11-12-6-5-7-13(18)10-12)17-14-8-3-4-9-15(14)17/h5-7,10,14-17,19H,2-4,8-9,11H2,1H3. The molecule has 3 unspecified atom stereocenters. The summed E-state index contributed by atoms with van der Waals surface area (Å²) in [5.41, 5.74) is 1.38. The number of halogens is 1. The van der Waals surface area contributed by atoms with E-state index >= 15 is 0 Å². The maximum atomic E-state index is 6.10. The lowest BCUT2D eigenvalue weighted by molar-refractivity contribution is 0.437. The molecule has 0 aromatic heterocycles. The largest absolute Gasteiger partial charge is 0.314 e. The third kappa shape index (κ3) is 2.98. The zero-order valence-electron chi connectivity index (χ0n) is 11.7. The molecule has 0 saturated heterocycles. The number of likely N-dealkylation sites (N-methyl/N-ethyl adjacent to an activating group) is 1. The molecule has 0 heterocycles. The Balaban J connectivity index is 1.68. The highest BCUT2D eigenvalue weighted by Gasteiger charge is 2.53. The lowest BCUT2D eigenvalue weighted by Gasteiger charge is -2.18. The van der Waals surface area contributed by atoms with Crippen LogP contribution in [0.3, 0.4) is 0 Å². The van der Waals surface area contributed by atoms with E-state index in [1.807, 2.05) is 6.07 Å². The minimum absolute atomic E-state index is 0.650. The molecule has 2 fully saturated rings.